The lowest BCUT2D eigenvalue weighted by molar-refractivity contribution is -0.113. The fourth-order valence-electron chi connectivity index (χ4n) is 2.88. The summed E-state index contributed by atoms with van der Waals surface area (Å²) >= 11 is 1.11. The molecular formula is C21H21N5O6S. The van der Waals surface area contributed by atoms with Gasteiger partial charge in [0, 0.05) is 5.69 Å². The minimum Gasteiger partial charge on any atom is -0.494 e. The van der Waals surface area contributed by atoms with E-state index in [1.54, 1.807) is 13.2 Å². The fourth-order valence-corrected chi connectivity index (χ4v) is 3.57. The van der Waals surface area contributed by atoms with Crippen LogP contribution in [0.4, 0.5) is 5.69 Å². The molecule has 0 fully saturated rings. The van der Waals surface area contributed by atoms with Gasteiger partial charge in [0.25, 0.3) is 0 Å². The highest BCUT2D eigenvalue weighted by atomic mass is 32.2. The first-order valence-electron chi connectivity index (χ1n) is 9.54. The van der Waals surface area contributed by atoms with Crippen molar-refractivity contribution >= 4 is 35.3 Å². The molecule has 1 heterocycles. The van der Waals surface area contributed by atoms with Crippen LogP contribution >= 0.6 is 11.8 Å². The largest absolute Gasteiger partial charge is 0.494 e. The SMILES string of the molecule is COC(=O)c1cc(NC(=O)CSc2nnnn2-c2cc(C)ccc2OC)cc(C(=O)OC)c1. The summed E-state index contributed by atoms with van der Waals surface area (Å²) < 4.78 is 16.3. The number of methoxy groups -OCH3 is 3. The van der Waals surface area contributed by atoms with Gasteiger partial charge in [-0.15, -0.1) is 5.10 Å². The third-order valence-electron chi connectivity index (χ3n) is 4.39. The second-order valence-corrected chi connectivity index (χ2v) is 7.61. The van der Waals surface area contributed by atoms with Crippen LogP contribution < -0.4 is 10.1 Å². The Morgan fingerprint density at radius 3 is 2.27 bits per heavy atom. The topological polar surface area (TPSA) is 135 Å². The third kappa shape index (κ3) is 5.66. The van der Waals surface area contributed by atoms with E-state index in [0.717, 1.165) is 17.3 Å². The summed E-state index contributed by atoms with van der Waals surface area (Å²) in [4.78, 5) is 36.4. The van der Waals surface area contributed by atoms with Crippen molar-refractivity contribution in [3.8, 4) is 11.4 Å². The van der Waals surface area contributed by atoms with E-state index in [1.807, 2.05) is 19.1 Å². The average molecular weight is 471 g/mol. The number of aromatic nitrogens is 4. The normalized spacial score (nSPS) is 10.4. The van der Waals surface area contributed by atoms with Crippen molar-refractivity contribution < 1.29 is 28.6 Å². The van der Waals surface area contributed by atoms with Gasteiger partial charge in [-0.3, -0.25) is 4.79 Å². The van der Waals surface area contributed by atoms with Crippen molar-refractivity contribution in [3.63, 3.8) is 0 Å². The van der Waals surface area contributed by atoms with E-state index in [4.69, 9.17) is 14.2 Å². The van der Waals surface area contributed by atoms with E-state index < -0.39 is 17.8 Å². The number of nitrogens with zero attached hydrogens (tertiary/aromatic N) is 4. The first kappa shape index (κ1) is 23.7. The zero-order valence-electron chi connectivity index (χ0n) is 18.3. The molecule has 1 aromatic heterocycles. The van der Waals surface area contributed by atoms with Crippen LogP contribution in [0.1, 0.15) is 26.3 Å². The van der Waals surface area contributed by atoms with Gasteiger partial charge in [0.15, 0.2) is 0 Å². The summed E-state index contributed by atoms with van der Waals surface area (Å²) in [5, 5.41) is 14.7. The van der Waals surface area contributed by atoms with E-state index in [9.17, 15) is 14.4 Å². The molecule has 11 nitrogen and oxygen atoms in total. The Hall–Kier alpha value is -3.93. The Morgan fingerprint density at radius 1 is 1.00 bits per heavy atom. The molecule has 172 valence electrons. The minimum atomic E-state index is -0.656. The Bertz CT molecular complexity index is 1160. The molecule has 3 aromatic rings. The van der Waals surface area contributed by atoms with E-state index in [2.05, 4.69) is 20.8 Å². The standard InChI is InChI=1S/C21H21N5O6S/c1-12-5-6-17(30-2)16(7-12)26-21(23-24-25-26)33-11-18(27)22-15-9-13(19(28)31-3)8-14(10-15)20(29)32-4/h5-10H,11H2,1-4H3,(H,22,27). The smallest absolute Gasteiger partial charge is 0.337 e. The van der Waals surface area contributed by atoms with Crippen molar-refractivity contribution in [2.24, 2.45) is 0 Å². The van der Waals surface area contributed by atoms with E-state index >= 15 is 0 Å². The quantitative estimate of drug-likeness (QED) is 0.385. The van der Waals surface area contributed by atoms with Crippen LogP contribution in [0.2, 0.25) is 0 Å². The molecule has 1 amide bonds. The van der Waals surface area contributed by atoms with Crippen molar-refractivity contribution in [3.05, 3.63) is 53.1 Å². The number of ether oxygens (including phenoxy) is 3. The molecule has 0 aliphatic heterocycles. The van der Waals surface area contributed by atoms with Crippen LogP contribution in [0.25, 0.3) is 5.69 Å². The number of esters is 2. The Balaban J connectivity index is 1.76. The third-order valence-corrected chi connectivity index (χ3v) is 5.31. The van der Waals surface area contributed by atoms with Crippen LogP contribution in [-0.2, 0) is 14.3 Å². The molecule has 0 unspecified atom stereocenters. The van der Waals surface area contributed by atoms with Crippen LogP contribution in [0, 0.1) is 6.92 Å². The molecule has 0 bridgehead atoms. The first-order chi connectivity index (χ1) is 15.9. The molecule has 1 N–H and O–H groups in total. The molecule has 0 radical (unpaired) electrons. The highest BCUT2D eigenvalue weighted by molar-refractivity contribution is 7.99. The maximum atomic E-state index is 12.6. The second kappa shape index (κ2) is 10.6. The molecule has 0 atom stereocenters. The summed E-state index contributed by atoms with van der Waals surface area (Å²) in [5.41, 5.74) is 2.06. The van der Waals surface area contributed by atoms with Crippen LogP contribution in [-0.4, -0.2) is 65.1 Å². The molecular weight excluding hydrogens is 450 g/mol. The highest BCUT2D eigenvalue weighted by Gasteiger charge is 2.17. The van der Waals surface area contributed by atoms with Crippen molar-refractivity contribution in [1.82, 2.24) is 20.2 Å². The molecule has 3 rings (SSSR count). The maximum absolute atomic E-state index is 12.6. The molecule has 0 saturated carbocycles. The Morgan fingerprint density at radius 2 is 1.67 bits per heavy atom. The van der Waals surface area contributed by atoms with Crippen LogP contribution in [0.15, 0.2) is 41.6 Å². The highest BCUT2D eigenvalue weighted by Crippen LogP contribution is 2.27. The molecule has 0 aliphatic rings. The summed E-state index contributed by atoms with van der Waals surface area (Å²) in [6.45, 7) is 1.93. The van der Waals surface area contributed by atoms with Gasteiger partial charge in [-0.1, -0.05) is 17.8 Å². The number of carbonyl (C=O) groups excluding carboxylic acids is 3. The van der Waals surface area contributed by atoms with Crippen LogP contribution in [0.3, 0.4) is 0 Å². The van der Waals surface area contributed by atoms with Crippen molar-refractivity contribution in [2.75, 3.05) is 32.4 Å². The molecule has 0 aliphatic carbocycles. The van der Waals surface area contributed by atoms with Gasteiger partial charge in [-0.25, -0.2) is 9.59 Å². The van der Waals surface area contributed by atoms with Gasteiger partial charge in [0.05, 0.1) is 38.2 Å². The molecule has 12 heteroatoms. The number of hydrogen-bond donors (Lipinski definition) is 1. The summed E-state index contributed by atoms with van der Waals surface area (Å²) in [6.07, 6.45) is 0. The number of amides is 1. The van der Waals surface area contributed by atoms with E-state index in [0.29, 0.717) is 16.6 Å². The predicted octanol–water partition coefficient (Wildman–Crippen LogP) is 2.28. The van der Waals surface area contributed by atoms with E-state index in [1.165, 1.54) is 37.1 Å². The summed E-state index contributed by atoms with van der Waals surface area (Å²) in [7, 11) is 3.98. The summed E-state index contributed by atoms with van der Waals surface area (Å²) in [6, 6.07) is 9.71. The van der Waals surface area contributed by atoms with Gasteiger partial charge in [-0.05, 0) is 53.2 Å². The van der Waals surface area contributed by atoms with Gasteiger partial charge < -0.3 is 19.5 Å². The minimum absolute atomic E-state index is 0.0372. The van der Waals surface area contributed by atoms with Gasteiger partial charge in [0.2, 0.25) is 11.1 Å². The number of hydrogen-bond acceptors (Lipinski definition) is 10. The summed E-state index contributed by atoms with van der Waals surface area (Å²) in [5.74, 6) is -1.17. The Labute approximate surface area is 193 Å². The fraction of sp³-hybridized carbons (Fsp3) is 0.238. The lowest BCUT2D eigenvalue weighted by Gasteiger charge is -2.11. The average Bonchev–Trinajstić information content (AvgIpc) is 3.29. The van der Waals surface area contributed by atoms with Crippen molar-refractivity contribution in [2.45, 2.75) is 12.1 Å². The number of rotatable bonds is 8. The lowest BCUT2D eigenvalue weighted by Crippen LogP contribution is -2.16. The molecule has 2 aromatic carbocycles. The lowest BCUT2D eigenvalue weighted by atomic mass is 10.1. The predicted molar refractivity (Wildman–Crippen MR) is 119 cm³/mol. The van der Waals surface area contributed by atoms with Crippen molar-refractivity contribution in [1.29, 1.82) is 0 Å². The van der Waals surface area contributed by atoms with Gasteiger partial charge >= 0.3 is 11.9 Å². The number of benzene rings is 2. The van der Waals surface area contributed by atoms with Crippen LogP contribution in [0.5, 0.6) is 5.75 Å². The first-order valence-corrected chi connectivity index (χ1v) is 10.5. The monoisotopic (exact) mass is 471 g/mol. The second-order valence-electron chi connectivity index (χ2n) is 6.67. The number of nitrogens with one attached hydrogen (secondary N) is 1. The number of tetrazole rings is 1. The van der Waals surface area contributed by atoms with Gasteiger partial charge in [0.1, 0.15) is 11.4 Å². The zero-order valence-corrected chi connectivity index (χ0v) is 19.1. The number of thioether (sulfide) groups is 1. The Kier molecular flexibility index (Phi) is 7.61. The maximum Gasteiger partial charge on any atom is 0.337 e. The number of anilines is 1. The molecule has 33 heavy (non-hydrogen) atoms. The molecule has 0 spiro atoms. The van der Waals surface area contributed by atoms with Gasteiger partial charge in [-0.2, -0.15) is 4.68 Å². The number of aryl methyl sites for hydroxylation is 1. The van der Waals surface area contributed by atoms with E-state index in [-0.39, 0.29) is 22.6 Å². The number of carbonyl (C=O) groups is 3. The molecule has 0 saturated heterocycles. The zero-order chi connectivity index (χ0) is 24.0.